The molecule has 20 heavy (non-hydrogen) atoms. The molecule has 0 aromatic heterocycles. The number of nitrogens with zero attached hydrogens (tertiary/aromatic N) is 2. The summed E-state index contributed by atoms with van der Waals surface area (Å²) in [5, 5.41) is 3.59. The molecule has 0 saturated carbocycles. The van der Waals surface area contributed by atoms with Crippen molar-refractivity contribution in [3.8, 4) is 0 Å². The molecule has 0 aliphatic carbocycles. The normalized spacial score (nSPS) is 21.4. The van der Waals surface area contributed by atoms with Crippen molar-refractivity contribution in [2.45, 2.75) is 12.3 Å². The Hall–Kier alpha value is -2.13. The van der Waals surface area contributed by atoms with Crippen LogP contribution in [0.2, 0.25) is 0 Å². The number of para-hydroxylation sites is 1. The first-order valence-electron chi connectivity index (χ1n) is 6.73. The molecule has 0 fully saturated rings. The van der Waals surface area contributed by atoms with Crippen molar-refractivity contribution in [3.05, 3.63) is 65.7 Å². The fourth-order valence-corrected chi connectivity index (χ4v) is 2.97. The Balaban J connectivity index is 2.25. The van der Waals surface area contributed by atoms with Crippen LogP contribution in [0.1, 0.15) is 18.1 Å². The van der Waals surface area contributed by atoms with Crippen molar-refractivity contribution in [3.63, 3.8) is 0 Å². The average molecular weight is 266 g/mol. The molecule has 3 nitrogen and oxygen atoms in total. The Morgan fingerprint density at radius 2 is 1.55 bits per heavy atom. The van der Waals surface area contributed by atoms with E-state index in [0.717, 1.165) is 16.8 Å². The molecule has 0 bridgehead atoms. The van der Waals surface area contributed by atoms with Gasteiger partial charge >= 0.3 is 0 Å². The number of anilines is 1. The average Bonchev–Trinajstić information content (AvgIpc) is 2.70. The summed E-state index contributed by atoms with van der Waals surface area (Å²) in [4.78, 5) is 13.0. The first-order valence-corrected chi connectivity index (χ1v) is 6.73. The molecule has 0 N–H and O–H groups in total. The maximum Gasteiger partial charge on any atom is 0.256 e. The van der Waals surface area contributed by atoms with Crippen LogP contribution in [0.3, 0.4) is 0 Å². The lowest BCUT2D eigenvalue weighted by Gasteiger charge is -2.28. The van der Waals surface area contributed by atoms with Crippen LogP contribution in [0, 0.1) is 0 Å². The van der Waals surface area contributed by atoms with Gasteiger partial charge in [0.05, 0.1) is 5.69 Å². The van der Waals surface area contributed by atoms with Crippen LogP contribution in [0.25, 0.3) is 0 Å². The highest BCUT2D eigenvalue weighted by Crippen LogP contribution is 2.45. The molecule has 0 spiro atoms. The summed E-state index contributed by atoms with van der Waals surface area (Å²) < 4.78 is 0. The van der Waals surface area contributed by atoms with Gasteiger partial charge in [0.25, 0.3) is 5.91 Å². The summed E-state index contributed by atoms with van der Waals surface area (Å²) in [6, 6.07) is 18.0. The van der Waals surface area contributed by atoms with E-state index in [0.29, 0.717) is 0 Å². The molecule has 3 heteroatoms. The van der Waals surface area contributed by atoms with Gasteiger partial charge in [0.1, 0.15) is 5.41 Å². The molecule has 1 aliphatic rings. The van der Waals surface area contributed by atoms with Gasteiger partial charge in [0.15, 0.2) is 0 Å². The second-order valence-electron chi connectivity index (χ2n) is 5.47. The topological polar surface area (TPSA) is 23.6 Å². The van der Waals surface area contributed by atoms with Gasteiger partial charge in [-0.25, -0.2) is 10.0 Å². The van der Waals surface area contributed by atoms with Gasteiger partial charge in [0.2, 0.25) is 0 Å². The van der Waals surface area contributed by atoms with Gasteiger partial charge in [-0.3, -0.25) is 4.79 Å². The minimum atomic E-state index is -0.623. The second-order valence-corrected chi connectivity index (χ2v) is 5.47. The summed E-state index contributed by atoms with van der Waals surface area (Å²) in [6.07, 6.45) is 0. The van der Waals surface area contributed by atoms with Crippen LogP contribution in [0.5, 0.6) is 0 Å². The Labute approximate surface area is 119 Å². The van der Waals surface area contributed by atoms with E-state index < -0.39 is 5.41 Å². The van der Waals surface area contributed by atoms with E-state index in [2.05, 4.69) is 0 Å². The van der Waals surface area contributed by atoms with E-state index in [1.165, 1.54) is 0 Å². The summed E-state index contributed by atoms with van der Waals surface area (Å²) >= 11 is 0. The number of rotatable bonds is 2. The molecule has 0 radical (unpaired) electrons. The third-order valence-electron chi connectivity index (χ3n) is 4.04. The van der Waals surface area contributed by atoms with E-state index in [1.807, 2.05) is 80.6 Å². The van der Waals surface area contributed by atoms with Crippen LogP contribution in [0.15, 0.2) is 54.6 Å². The van der Waals surface area contributed by atoms with E-state index >= 15 is 0 Å². The zero-order valence-electron chi connectivity index (χ0n) is 12.0. The van der Waals surface area contributed by atoms with Crippen LogP contribution >= 0.6 is 0 Å². The summed E-state index contributed by atoms with van der Waals surface area (Å²) in [5.41, 5.74) is 2.43. The lowest BCUT2D eigenvalue weighted by atomic mass is 9.77. The minimum Gasteiger partial charge on any atom is -0.272 e. The minimum absolute atomic E-state index is 0.0925. The van der Waals surface area contributed by atoms with Crippen LogP contribution in [0.4, 0.5) is 5.69 Å². The number of hydrazine groups is 1. The second kappa shape index (κ2) is 4.46. The van der Waals surface area contributed by atoms with Gasteiger partial charge in [-0.2, -0.15) is 0 Å². The zero-order chi connectivity index (χ0) is 14.3. The molecule has 3 rings (SSSR count). The number of fused-ring (bicyclic) bond motifs is 1. The smallest absolute Gasteiger partial charge is 0.256 e. The molecule has 2 aromatic rings. The van der Waals surface area contributed by atoms with Crippen LogP contribution in [-0.2, 0) is 10.2 Å². The van der Waals surface area contributed by atoms with Crippen molar-refractivity contribution in [2.24, 2.45) is 0 Å². The van der Waals surface area contributed by atoms with E-state index in [4.69, 9.17) is 0 Å². The third-order valence-corrected chi connectivity index (χ3v) is 4.04. The molecule has 1 atom stereocenters. The van der Waals surface area contributed by atoms with Crippen molar-refractivity contribution in [1.29, 1.82) is 0 Å². The van der Waals surface area contributed by atoms with Gasteiger partial charge < -0.3 is 0 Å². The maximum absolute atomic E-state index is 13.0. The van der Waals surface area contributed by atoms with Gasteiger partial charge in [-0.05, 0) is 24.1 Å². The van der Waals surface area contributed by atoms with E-state index in [9.17, 15) is 4.79 Å². The monoisotopic (exact) mass is 266 g/mol. The molecule has 2 aromatic carbocycles. The predicted octanol–water partition coefficient (Wildman–Crippen LogP) is 2.82. The van der Waals surface area contributed by atoms with E-state index in [1.54, 1.807) is 5.01 Å². The number of hydrogen-bond acceptors (Lipinski definition) is 2. The first-order chi connectivity index (χ1) is 9.56. The fourth-order valence-electron chi connectivity index (χ4n) is 2.97. The highest BCUT2D eigenvalue weighted by molar-refractivity contribution is 6.09. The maximum atomic E-state index is 13.0. The van der Waals surface area contributed by atoms with Gasteiger partial charge in [0, 0.05) is 14.1 Å². The Morgan fingerprint density at radius 3 is 2.20 bits per heavy atom. The first kappa shape index (κ1) is 12.9. The number of carbonyl (C=O) groups excluding carboxylic acids is 1. The van der Waals surface area contributed by atoms with Crippen molar-refractivity contribution >= 4 is 11.6 Å². The zero-order valence-corrected chi connectivity index (χ0v) is 12.0. The van der Waals surface area contributed by atoms with Crippen LogP contribution < -0.4 is 5.01 Å². The number of amides is 1. The lowest BCUT2D eigenvalue weighted by molar-refractivity contribution is -0.123. The largest absolute Gasteiger partial charge is 0.272 e. The molecular formula is C17H18N2O. The van der Waals surface area contributed by atoms with Crippen molar-refractivity contribution < 1.29 is 4.79 Å². The predicted molar refractivity (Wildman–Crippen MR) is 80.5 cm³/mol. The highest BCUT2D eigenvalue weighted by Gasteiger charge is 2.49. The molecule has 1 heterocycles. The summed E-state index contributed by atoms with van der Waals surface area (Å²) in [5.74, 6) is 0.0925. The fraction of sp³-hybridized carbons (Fsp3) is 0.235. The van der Waals surface area contributed by atoms with Crippen molar-refractivity contribution in [1.82, 2.24) is 5.01 Å². The van der Waals surface area contributed by atoms with Gasteiger partial charge in [-0.1, -0.05) is 48.5 Å². The molecule has 1 amide bonds. The van der Waals surface area contributed by atoms with Crippen molar-refractivity contribution in [2.75, 3.05) is 19.1 Å². The van der Waals surface area contributed by atoms with E-state index in [-0.39, 0.29) is 5.91 Å². The molecule has 1 aliphatic heterocycles. The summed E-state index contributed by atoms with van der Waals surface area (Å²) in [6.45, 7) is 2.01. The number of hydrogen-bond donors (Lipinski definition) is 0. The molecular weight excluding hydrogens is 248 g/mol. The number of benzene rings is 2. The number of carbonyl (C=O) groups is 1. The Kier molecular flexibility index (Phi) is 2.87. The Morgan fingerprint density at radius 1 is 0.950 bits per heavy atom. The quantitative estimate of drug-likeness (QED) is 0.834. The van der Waals surface area contributed by atoms with Gasteiger partial charge in [-0.15, -0.1) is 0 Å². The third kappa shape index (κ3) is 1.60. The highest BCUT2D eigenvalue weighted by atomic mass is 16.2. The van der Waals surface area contributed by atoms with Crippen LogP contribution in [-0.4, -0.2) is 25.0 Å². The molecule has 102 valence electrons. The SMILES string of the molecule is CN(C)N1C(=O)C(C)(c2ccccc2)c2ccccc21. The molecule has 0 saturated heterocycles. The Bertz CT molecular complexity index is 651. The summed E-state index contributed by atoms with van der Waals surface area (Å²) in [7, 11) is 3.79. The molecule has 1 unspecified atom stereocenters. The standard InChI is InChI=1S/C17H18N2O/c1-17(13-9-5-4-6-10-13)14-11-7-8-12-15(14)19(16(17)20)18(2)3/h4-12H,1-3H3. The lowest BCUT2D eigenvalue weighted by Crippen LogP contribution is -2.45.